The minimum Gasteiger partial charge on any atom is -0.481 e. The molecule has 0 aromatic carbocycles. The second-order valence-electron chi connectivity index (χ2n) is 2.28. The summed E-state index contributed by atoms with van der Waals surface area (Å²) in [7, 11) is 0. The molecule has 0 saturated carbocycles. The molecule has 2 N–H and O–H groups in total. The summed E-state index contributed by atoms with van der Waals surface area (Å²) in [5, 5.41) is 9.77. The first-order valence-corrected chi connectivity index (χ1v) is 4.60. The number of aliphatic carboxylic acids is 1. The lowest BCUT2D eigenvalue weighted by Gasteiger charge is -2.07. The summed E-state index contributed by atoms with van der Waals surface area (Å²) < 4.78 is 34.7. The van der Waals surface area contributed by atoms with E-state index < -0.39 is 24.6 Å². The molecule has 0 aromatic heterocycles. The van der Waals surface area contributed by atoms with Gasteiger partial charge in [-0.1, -0.05) is 0 Å². The fraction of sp³-hybridized carbons (Fsp3) is 0.667. The van der Waals surface area contributed by atoms with E-state index in [1.54, 1.807) is 5.32 Å². The molecule has 0 bridgehead atoms. The monoisotopic (exact) mass is 231 g/mol. The van der Waals surface area contributed by atoms with Gasteiger partial charge < -0.3 is 10.4 Å². The maximum atomic E-state index is 11.6. The van der Waals surface area contributed by atoms with E-state index in [0.717, 1.165) is 11.8 Å². The predicted octanol–water partition coefficient (Wildman–Crippen LogP) is 0.483. The molecule has 82 valence electrons. The molecule has 0 aliphatic heterocycles. The van der Waals surface area contributed by atoms with Gasteiger partial charge in [-0.25, -0.2) is 0 Å². The summed E-state index contributed by atoms with van der Waals surface area (Å²) in [6.07, 6.45) is -4.44. The molecule has 0 saturated heterocycles. The average molecular weight is 231 g/mol. The van der Waals surface area contributed by atoms with Crippen LogP contribution in [0.25, 0.3) is 0 Å². The number of carboxylic acid groups (broad SMARTS) is 1. The van der Waals surface area contributed by atoms with Crippen molar-refractivity contribution >= 4 is 23.6 Å². The number of hydrogen-bond acceptors (Lipinski definition) is 3. The first-order valence-electron chi connectivity index (χ1n) is 3.44. The van der Waals surface area contributed by atoms with Crippen LogP contribution in [0, 0.1) is 0 Å². The van der Waals surface area contributed by atoms with Gasteiger partial charge in [0.05, 0.1) is 11.5 Å². The van der Waals surface area contributed by atoms with E-state index in [0.29, 0.717) is 0 Å². The number of carbonyl (C=O) groups is 2. The largest absolute Gasteiger partial charge is 0.481 e. The van der Waals surface area contributed by atoms with Gasteiger partial charge in [0.2, 0.25) is 5.91 Å². The zero-order valence-corrected chi connectivity index (χ0v) is 7.74. The minimum atomic E-state index is -4.44. The summed E-state index contributed by atoms with van der Waals surface area (Å²) >= 11 is 0.741. The number of amides is 1. The lowest BCUT2D eigenvalue weighted by molar-refractivity contribution is -0.137. The fourth-order valence-corrected chi connectivity index (χ4v) is 1.05. The molecule has 0 radical (unpaired) electrons. The van der Waals surface area contributed by atoms with Gasteiger partial charge in [0.15, 0.2) is 0 Å². The summed E-state index contributed by atoms with van der Waals surface area (Å²) in [4.78, 5) is 20.6. The Morgan fingerprint density at radius 2 is 1.86 bits per heavy atom. The highest BCUT2D eigenvalue weighted by molar-refractivity contribution is 8.00. The quantitative estimate of drug-likeness (QED) is 0.722. The number of nitrogens with one attached hydrogen (secondary N) is 1. The van der Waals surface area contributed by atoms with Crippen molar-refractivity contribution in [3.63, 3.8) is 0 Å². The van der Waals surface area contributed by atoms with Gasteiger partial charge in [-0.15, -0.1) is 11.8 Å². The molecule has 0 unspecified atom stereocenters. The summed E-state index contributed by atoms with van der Waals surface area (Å²) in [6.45, 7) is -1.39. The van der Waals surface area contributed by atoms with Gasteiger partial charge in [-0.05, 0) is 0 Å². The molecule has 14 heavy (non-hydrogen) atoms. The van der Waals surface area contributed by atoms with Crippen molar-refractivity contribution in [2.45, 2.75) is 6.18 Å². The molecule has 4 nitrogen and oxygen atoms in total. The molecule has 0 spiro atoms. The zero-order chi connectivity index (χ0) is 11.2. The van der Waals surface area contributed by atoms with Crippen LogP contribution in [0.15, 0.2) is 0 Å². The third-order valence-electron chi connectivity index (χ3n) is 0.945. The second-order valence-corrected chi connectivity index (χ2v) is 3.26. The van der Waals surface area contributed by atoms with E-state index in [4.69, 9.17) is 5.11 Å². The third kappa shape index (κ3) is 9.17. The van der Waals surface area contributed by atoms with Crippen LogP contribution in [0.5, 0.6) is 0 Å². The predicted molar refractivity (Wildman–Crippen MR) is 44.0 cm³/mol. The molecule has 0 aliphatic carbocycles. The highest BCUT2D eigenvalue weighted by Crippen LogP contribution is 2.12. The Balaban J connectivity index is 3.52. The van der Waals surface area contributed by atoms with Crippen molar-refractivity contribution in [2.75, 3.05) is 18.1 Å². The topological polar surface area (TPSA) is 66.4 Å². The zero-order valence-electron chi connectivity index (χ0n) is 6.93. The number of carboxylic acids is 1. The summed E-state index contributed by atoms with van der Waals surface area (Å²) in [5.74, 6) is -2.53. The van der Waals surface area contributed by atoms with Crippen LogP contribution in [0.4, 0.5) is 13.2 Å². The molecular weight excluding hydrogens is 223 g/mol. The number of thioether (sulfide) groups is 1. The van der Waals surface area contributed by atoms with Crippen LogP contribution >= 0.6 is 11.8 Å². The van der Waals surface area contributed by atoms with Gasteiger partial charge in [0.1, 0.15) is 6.54 Å². The lowest BCUT2D eigenvalue weighted by Crippen LogP contribution is -2.34. The Morgan fingerprint density at radius 1 is 1.29 bits per heavy atom. The molecule has 0 atom stereocenters. The fourth-order valence-electron chi connectivity index (χ4n) is 0.481. The number of hydrogen-bond donors (Lipinski definition) is 2. The van der Waals surface area contributed by atoms with Crippen LogP contribution in [0.3, 0.4) is 0 Å². The van der Waals surface area contributed by atoms with E-state index in [1.165, 1.54) is 0 Å². The van der Waals surface area contributed by atoms with Gasteiger partial charge in [0, 0.05) is 0 Å². The minimum absolute atomic E-state index is 0.289. The van der Waals surface area contributed by atoms with Crippen molar-refractivity contribution in [3.8, 4) is 0 Å². The van der Waals surface area contributed by atoms with Crippen molar-refractivity contribution < 1.29 is 27.9 Å². The van der Waals surface area contributed by atoms with E-state index in [9.17, 15) is 22.8 Å². The normalized spacial score (nSPS) is 11.1. The summed E-state index contributed by atoms with van der Waals surface area (Å²) in [6, 6.07) is 0. The Bertz CT molecular complexity index is 219. The highest BCUT2D eigenvalue weighted by atomic mass is 32.2. The number of alkyl halides is 3. The molecule has 0 aromatic rings. The van der Waals surface area contributed by atoms with Gasteiger partial charge in [-0.3, -0.25) is 9.59 Å². The first kappa shape index (κ1) is 13.1. The van der Waals surface area contributed by atoms with Crippen LogP contribution in [0.2, 0.25) is 0 Å². The molecule has 1 amide bonds. The average Bonchev–Trinajstić information content (AvgIpc) is 1.99. The Hall–Kier alpha value is -0.920. The van der Waals surface area contributed by atoms with Crippen LogP contribution in [-0.2, 0) is 9.59 Å². The van der Waals surface area contributed by atoms with E-state index >= 15 is 0 Å². The Kier molecular flexibility index (Phi) is 5.36. The molecule has 0 rings (SSSR count). The standard InChI is InChI=1S/C6H8F3NO3S/c7-6(8,9)3-10-4(11)1-14-2-5(12)13/h1-3H2,(H,10,11)(H,12,13). The van der Waals surface area contributed by atoms with E-state index in [1.807, 2.05) is 0 Å². The smallest absolute Gasteiger partial charge is 0.405 e. The number of carbonyl (C=O) groups excluding carboxylic acids is 1. The second kappa shape index (κ2) is 5.74. The lowest BCUT2D eigenvalue weighted by atomic mass is 10.6. The summed E-state index contributed by atoms with van der Waals surface area (Å²) in [5.41, 5.74) is 0. The maximum Gasteiger partial charge on any atom is 0.405 e. The van der Waals surface area contributed by atoms with Gasteiger partial charge >= 0.3 is 12.1 Å². The number of rotatable bonds is 5. The van der Waals surface area contributed by atoms with E-state index in [2.05, 4.69) is 0 Å². The van der Waals surface area contributed by atoms with Gasteiger partial charge in [0.25, 0.3) is 0 Å². The molecule has 0 heterocycles. The first-order chi connectivity index (χ1) is 6.31. The maximum absolute atomic E-state index is 11.6. The third-order valence-corrected chi connectivity index (χ3v) is 1.86. The van der Waals surface area contributed by atoms with Crippen molar-refractivity contribution in [1.29, 1.82) is 0 Å². The number of halogens is 3. The molecular formula is C6H8F3NO3S. The Labute approximate surface area is 81.9 Å². The van der Waals surface area contributed by atoms with Crippen molar-refractivity contribution in [1.82, 2.24) is 5.32 Å². The molecule has 0 fully saturated rings. The molecule has 0 aliphatic rings. The van der Waals surface area contributed by atoms with Crippen molar-refractivity contribution in [2.24, 2.45) is 0 Å². The van der Waals surface area contributed by atoms with E-state index in [-0.39, 0.29) is 11.5 Å². The van der Waals surface area contributed by atoms with Crippen LogP contribution in [-0.4, -0.2) is 41.2 Å². The SMILES string of the molecule is O=C(O)CSCC(=O)NCC(F)(F)F. The van der Waals surface area contributed by atoms with Crippen LogP contribution < -0.4 is 5.32 Å². The Morgan fingerprint density at radius 3 is 2.29 bits per heavy atom. The van der Waals surface area contributed by atoms with Crippen LogP contribution in [0.1, 0.15) is 0 Å². The van der Waals surface area contributed by atoms with Gasteiger partial charge in [-0.2, -0.15) is 13.2 Å². The highest BCUT2D eigenvalue weighted by Gasteiger charge is 2.27. The van der Waals surface area contributed by atoms with Crippen molar-refractivity contribution in [3.05, 3.63) is 0 Å². The molecule has 8 heteroatoms.